The van der Waals surface area contributed by atoms with Crippen LogP contribution in [0.4, 0.5) is 22.4 Å². The number of nitrogens with zero attached hydrogens (tertiary/aromatic N) is 2. The van der Waals surface area contributed by atoms with Crippen molar-refractivity contribution in [2.75, 3.05) is 13.7 Å². The Hall–Kier alpha value is -4.68. The number of ether oxygens (including phenoxy) is 3. The maximum absolute atomic E-state index is 14.7. The molecule has 8 atom stereocenters. The monoisotopic (exact) mass is 825 g/mol. The predicted octanol–water partition coefficient (Wildman–Crippen LogP) is 4.66. The fraction of sp³-hybridized carbons (Fsp3) is 0.605. The first-order chi connectivity index (χ1) is 26.7. The molecule has 4 aliphatic rings. The van der Waals surface area contributed by atoms with Gasteiger partial charge in [0.1, 0.15) is 35.3 Å². The van der Waals surface area contributed by atoms with Gasteiger partial charge in [0.2, 0.25) is 27.7 Å². The number of halogens is 4. The molecule has 1 saturated heterocycles. The molecule has 1 aromatic heterocycles. The lowest BCUT2D eigenvalue weighted by Gasteiger charge is -2.33. The van der Waals surface area contributed by atoms with Crippen molar-refractivity contribution >= 4 is 44.6 Å². The molecule has 2 aliphatic carbocycles. The number of methoxy groups -OCH3 is 1. The summed E-state index contributed by atoms with van der Waals surface area (Å²) < 4.78 is 98.2. The van der Waals surface area contributed by atoms with Gasteiger partial charge in [-0.3, -0.25) is 19.1 Å². The maximum Gasteiger partial charge on any atom is 0.425 e. The van der Waals surface area contributed by atoms with Crippen molar-refractivity contribution in [1.29, 1.82) is 0 Å². The third-order valence-electron chi connectivity index (χ3n) is 11.5. The summed E-state index contributed by atoms with van der Waals surface area (Å²) in [6, 6.07) is 1.09. The Morgan fingerprint density at radius 1 is 1.12 bits per heavy atom. The summed E-state index contributed by atoms with van der Waals surface area (Å²) in [5.41, 5.74) is -1.68. The van der Waals surface area contributed by atoms with Gasteiger partial charge in [0.05, 0.1) is 23.8 Å². The van der Waals surface area contributed by atoms with Crippen LogP contribution in [0.1, 0.15) is 72.6 Å². The van der Waals surface area contributed by atoms with Gasteiger partial charge in [-0.05, 0) is 76.3 Å². The van der Waals surface area contributed by atoms with Gasteiger partial charge in [-0.1, -0.05) is 26.0 Å². The Morgan fingerprint density at radius 2 is 1.84 bits per heavy atom. The Morgan fingerprint density at radius 3 is 2.51 bits per heavy atom. The molecule has 0 unspecified atom stereocenters. The third-order valence-corrected chi connectivity index (χ3v) is 13.7. The summed E-state index contributed by atoms with van der Waals surface area (Å²) in [7, 11) is -2.74. The molecule has 19 heteroatoms. The average Bonchev–Trinajstić information content (AvgIpc) is 4.01. The topological polar surface area (TPSA) is 182 Å². The molecular weight excluding hydrogens is 779 g/mol. The second-order valence-electron chi connectivity index (χ2n) is 16.0. The molecule has 3 N–H and O–H groups in total. The average molecular weight is 826 g/mol. The zero-order valence-electron chi connectivity index (χ0n) is 32.2. The fourth-order valence-corrected chi connectivity index (χ4v) is 8.91. The molecule has 2 aliphatic heterocycles. The summed E-state index contributed by atoms with van der Waals surface area (Å²) in [5.74, 6) is -4.41. The number of allylic oxidation sites excluding steroid dienone is 1. The lowest BCUT2D eigenvalue weighted by molar-refractivity contribution is -0.197. The molecule has 0 radical (unpaired) electrons. The van der Waals surface area contributed by atoms with Gasteiger partial charge >= 0.3 is 12.3 Å². The van der Waals surface area contributed by atoms with Gasteiger partial charge in [-0.15, -0.1) is 0 Å². The molecule has 2 aromatic rings. The standard InChI is InChI=1S/C38H47F4N5O9S/c1-20-8-6-7-9-23-18-37(23,34(50)46-57(52,53)36(4)11-12-36)45-31(48)28-17-25(56-32-27-15-24(39)16-29(54-5)26(27)10-13-43-32)19-47(28)33(49)30(21(2)14-20)44-35(51)55-22(3)38(40,41)42/h7,9-10,13,15-16,20-23,25,28,30H,6,8,11-12,14,17-19H2,1-5H3,(H,44,51)(H,45,48)(H,46,50)/t20-,21+,22+,23+,25+,28-,30-,37+/m0/s1. The maximum atomic E-state index is 14.7. The molecule has 3 fully saturated rings. The Balaban J connectivity index is 1.36. The number of hydrogen-bond donors (Lipinski definition) is 3. The SMILES string of the molecule is COc1cc(F)cc2c(O[C@@H]3C[C@H]4C(=O)N[C@]5(C(=O)NS(=O)(=O)C6(C)CC6)C[C@H]5C=CCC[C@H](C)C[C@@H](C)[C@H](NC(=O)O[C@H](C)C(F)(F)F)C(=O)N4C3)nccc12. The lowest BCUT2D eigenvalue weighted by Crippen LogP contribution is -2.59. The van der Waals surface area contributed by atoms with Crippen molar-refractivity contribution in [2.45, 2.75) is 113 Å². The van der Waals surface area contributed by atoms with Crippen LogP contribution in [-0.4, -0.2) is 96.5 Å². The number of carbonyl (C=O) groups excluding carboxylic acids is 4. The molecule has 57 heavy (non-hydrogen) atoms. The van der Waals surface area contributed by atoms with E-state index in [1.54, 1.807) is 19.1 Å². The fourth-order valence-electron chi connectivity index (χ4n) is 7.60. The van der Waals surface area contributed by atoms with E-state index < -0.39 is 92.2 Å². The molecular formula is C38H47F4N5O9S. The number of aromatic nitrogens is 1. The summed E-state index contributed by atoms with van der Waals surface area (Å²) in [6.07, 6.45) is -2.82. The highest BCUT2D eigenvalue weighted by Gasteiger charge is 2.63. The number of alkyl carbamates (subject to hydrolysis) is 1. The largest absolute Gasteiger partial charge is 0.496 e. The summed E-state index contributed by atoms with van der Waals surface area (Å²) in [4.78, 5) is 61.2. The van der Waals surface area contributed by atoms with Crippen LogP contribution in [0.2, 0.25) is 0 Å². The van der Waals surface area contributed by atoms with Crippen LogP contribution < -0.4 is 24.8 Å². The molecule has 0 spiro atoms. The van der Waals surface area contributed by atoms with E-state index in [2.05, 4.69) is 25.1 Å². The normalized spacial score (nSPS) is 29.5. The van der Waals surface area contributed by atoms with Crippen LogP contribution in [0.5, 0.6) is 11.6 Å². The van der Waals surface area contributed by atoms with Crippen molar-refractivity contribution in [1.82, 2.24) is 25.2 Å². The van der Waals surface area contributed by atoms with Crippen molar-refractivity contribution < 1.29 is 59.4 Å². The minimum absolute atomic E-state index is 0.0468. The van der Waals surface area contributed by atoms with Gasteiger partial charge < -0.3 is 29.7 Å². The van der Waals surface area contributed by atoms with Gasteiger partial charge in [0.25, 0.3) is 5.91 Å². The minimum atomic E-state index is -4.87. The zero-order valence-corrected chi connectivity index (χ0v) is 33.0. The third kappa shape index (κ3) is 8.77. The second-order valence-corrected chi connectivity index (χ2v) is 18.2. The first-order valence-corrected chi connectivity index (χ1v) is 20.3. The molecule has 3 heterocycles. The number of pyridine rings is 1. The van der Waals surface area contributed by atoms with Crippen LogP contribution in [0.3, 0.4) is 0 Å². The smallest absolute Gasteiger partial charge is 0.425 e. The molecule has 6 rings (SSSR count). The Bertz CT molecular complexity index is 2060. The first kappa shape index (κ1) is 41.9. The molecule has 312 valence electrons. The molecule has 4 amide bonds. The molecule has 14 nitrogen and oxygen atoms in total. The van der Waals surface area contributed by atoms with E-state index in [1.807, 2.05) is 13.0 Å². The van der Waals surface area contributed by atoms with Crippen LogP contribution >= 0.6 is 0 Å². The van der Waals surface area contributed by atoms with Crippen LogP contribution in [0, 0.1) is 23.6 Å². The summed E-state index contributed by atoms with van der Waals surface area (Å²) >= 11 is 0. The van der Waals surface area contributed by atoms with Crippen molar-refractivity contribution in [3.05, 3.63) is 42.4 Å². The van der Waals surface area contributed by atoms with E-state index in [-0.39, 0.29) is 42.3 Å². The Labute approximate surface area is 327 Å². The van der Waals surface area contributed by atoms with E-state index in [1.165, 1.54) is 32.4 Å². The van der Waals surface area contributed by atoms with Crippen molar-refractivity contribution in [3.63, 3.8) is 0 Å². The highest BCUT2D eigenvalue weighted by atomic mass is 32.2. The van der Waals surface area contributed by atoms with Gasteiger partial charge in [-0.25, -0.2) is 22.6 Å². The van der Waals surface area contributed by atoms with Gasteiger partial charge in [-0.2, -0.15) is 13.2 Å². The number of rotatable bonds is 8. The summed E-state index contributed by atoms with van der Waals surface area (Å²) in [6.45, 7) is 5.43. The number of sulfonamides is 1. The number of amides is 4. The molecule has 2 saturated carbocycles. The number of fused-ring (bicyclic) bond motifs is 3. The number of benzene rings is 1. The first-order valence-electron chi connectivity index (χ1n) is 18.9. The van der Waals surface area contributed by atoms with Crippen LogP contribution in [0.25, 0.3) is 10.8 Å². The highest BCUT2D eigenvalue weighted by Crippen LogP contribution is 2.48. The Kier molecular flexibility index (Phi) is 11.5. The second kappa shape index (κ2) is 15.6. The summed E-state index contributed by atoms with van der Waals surface area (Å²) in [5, 5.41) is 5.75. The predicted molar refractivity (Wildman–Crippen MR) is 197 cm³/mol. The number of nitrogens with one attached hydrogen (secondary N) is 3. The van der Waals surface area contributed by atoms with Crippen molar-refractivity contribution in [3.8, 4) is 11.6 Å². The number of alkyl halides is 3. The minimum Gasteiger partial charge on any atom is -0.496 e. The van der Waals surface area contributed by atoms with Gasteiger partial charge in [0, 0.05) is 30.0 Å². The molecule has 0 bridgehead atoms. The van der Waals surface area contributed by atoms with Crippen LogP contribution in [-0.2, 0) is 29.1 Å². The van der Waals surface area contributed by atoms with E-state index >= 15 is 0 Å². The quantitative estimate of drug-likeness (QED) is 0.250. The number of hydrogen-bond acceptors (Lipinski definition) is 10. The van der Waals surface area contributed by atoms with E-state index in [9.17, 15) is 45.2 Å². The zero-order chi connectivity index (χ0) is 41.7. The van der Waals surface area contributed by atoms with E-state index in [0.29, 0.717) is 44.4 Å². The van der Waals surface area contributed by atoms with Crippen molar-refractivity contribution in [2.24, 2.45) is 17.8 Å². The lowest BCUT2D eigenvalue weighted by atomic mass is 9.88. The van der Waals surface area contributed by atoms with E-state index in [0.717, 1.165) is 4.90 Å². The number of carbonyl (C=O) groups is 4. The van der Waals surface area contributed by atoms with E-state index in [4.69, 9.17) is 9.47 Å². The van der Waals surface area contributed by atoms with Crippen LogP contribution in [0.15, 0.2) is 36.5 Å². The van der Waals surface area contributed by atoms with Gasteiger partial charge in [0.15, 0.2) is 6.10 Å². The molecule has 1 aromatic carbocycles. The highest BCUT2D eigenvalue weighted by molar-refractivity contribution is 7.91.